The number of nitrogens with zero attached hydrogens (tertiary/aromatic N) is 3. The summed E-state index contributed by atoms with van der Waals surface area (Å²) in [5.74, 6) is 0.538. The minimum absolute atomic E-state index is 0.0717. The zero-order valence-corrected chi connectivity index (χ0v) is 13.2. The molecule has 0 radical (unpaired) electrons. The molecule has 1 aromatic carbocycles. The first-order valence-corrected chi connectivity index (χ1v) is 8.15. The molecule has 1 heterocycles. The number of hydrogen-bond donors (Lipinski definition) is 2. The summed E-state index contributed by atoms with van der Waals surface area (Å²) in [5.41, 5.74) is 8.02. The normalized spacial score (nSPS) is 20.6. The van der Waals surface area contributed by atoms with Gasteiger partial charge in [0, 0.05) is 12.5 Å². The quantitative estimate of drug-likeness (QED) is 0.842. The number of nitrogens with two attached hydrogens (primary N) is 1. The van der Waals surface area contributed by atoms with Gasteiger partial charge in [-0.1, -0.05) is 30.7 Å². The predicted molar refractivity (Wildman–Crippen MR) is 87.3 cm³/mol. The second kappa shape index (κ2) is 7.37. The number of amides is 1. The van der Waals surface area contributed by atoms with Crippen molar-refractivity contribution in [3.05, 3.63) is 48.0 Å². The third-order valence-corrected chi connectivity index (χ3v) is 4.67. The number of aromatic nitrogens is 3. The highest BCUT2D eigenvalue weighted by Crippen LogP contribution is 2.31. The van der Waals surface area contributed by atoms with Crippen molar-refractivity contribution in [1.29, 1.82) is 0 Å². The van der Waals surface area contributed by atoms with E-state index in [0.717, 1.165) is 30.4 Å². The number of nitrogens with one attached hydrogen (secondary N) is 1. The molecule has 6 heteroatoms. The van der Waals surface area contributed by atoms with Crippen molar-refractivity contribution < 1.29 is 4.79 Å². The van der Waals surface area contributed by atoms with Crippen LogP contribution < -0.4 is 11.1 Å². The van der Waals surface area contributed by atoms with Gasteiger partial charge in [-0.2, -0.15) is 5.10 Å². The highest BCUT2D eigenvalue weighted by atomic mass is 16.1. The van der Waals surface area contributed by atoms with Crippen LogP contribution in [0.5, 0.6) is 0 Å². The molecule has 0 unspecified atom stereocenters. The third kappa shape index (κ3) is 3.76. The second-order valence-electron chi connectivity index (χ2n) is 6.11. The van der Waals surface area contributed by atoms with E-state index in [1.54, 1.807) is 11.0 Å². The van der Waals surface area contributed by atoms with Gasteiger partial charge < -0.3 is 11.1 Å². The van der Waals surface area contributed by atoms with Crippen LogP contribution in [0.2, 0.25) is 0 Å². The summed E-state index contributed by atoms with van der Waals surface area (Å²) in [5, 5.41) is 7.22. The summed E-state index contributed by atoms with van der Waals surface area (Å²) in [7, 11) is 0. The molecule has 0 bridgehead atoms. The van der Waals surface area contributed by atoms with Crippen molar-refractivity contribution >= 4 is 5.91 Å². The maximum atomic E-state index is 12.4. The van der Waals surface area contributed by atoms with Crippen molar-refractivity contribution in [2.24, 2.45) is 17.6 Å². The van der Waals surface area contributed by atoms with Crippen LogP contribution in [0.4, 0.5) is 0 Å². The maximum absolute atomic E-state index is 12.4. The standard InChI is InChI=1S/C17H23N5O/c18-8-13-6-3-7-16(13)17(23)20-9-14-4-1-2-5-15(14)10-22-12-19-11-21-22/h1-2,4-5,11-13,16H,3,6-10,18H2,(H,20,23)/t13-,16-/m1/s1. The Balaban J connectivity index is 1.63. The largest absolute Gasteiger partial charge is 0.352 e. The highest BCUT2D eigenvalue weighted by molar-refractivity contribution is 5.79. The smallest absolute Gasteiger partial charge is 0.223 e. The number of hydrogen-bond acceptors (Lipinski definition) is 4. The van der Waals surface area contributed by atoms with Gasteiger partial charge in [0.2, 0.25) is 5.91 Å². The molecule has 23 heavy (non-hydrogen) atoms. The Labute approximate surface area is 136 Å². The lowest BCUT2D eigenvalue weighted by Crippen LogP contribution is -2.34. The first-order chi connectivity index (χ1) is 11.3. The van der Waals surface area contributed by atoms with E-state index in [-0.39, 0.29) is 11.8 Å². The van der Waals surface area contributed by atoms with Gasteiger partial charge in [-0.3, -0.25) is 4.79 Å². The van der Waals surface area contributed by atoms with Crippen LogP contribution in [0.15, 0.2) is 36.9 Å². The molecule has 1 fully saturated rings. The topological polar surface area (TPSA) is 85.8 Å². The lowest BCUT2D eigenvalue weighted by atomic mass is 9.95. The predicted octanol–water partition coefficient (Wildman–Crippen LogP) is 1.32. The summed E-state index contributed by atoms with van der Waals surface area (Å²) in [4.78, 5) is 16.4. The lowest BCUT2D eigenvalue weighted by molar-refractivity contribution is -0.126. The molecule has 0 aliphatic heterocycles. The van der Waals surface area contributed by atoms with E-state index in [1.807, 2.05) is 18.2 Å². The number of rotatable bonds is 6. The summed E-state index contributed by atoms with van der Waals surface area (Å²) in [6, 6.07) is 8.09. The molecule has 122 valence electrons. The van der Waals surface area contributed by atoms with Gasteiger partial charge in [-0.15, -0.1) is 0 Å². The molecule has 3 N–H and O–H groups in total. The Morgan fingerprint density at radius 2 is 2.13 bits per heavy atom. The SMILES string of the molecule is NC[C@H]1CCC[C@H]1C(=O)NCc1ccccc1Cn1cncn1. The molecule has 2 atom stereocenters. The molecule has 6 nitrogen and oxygen atoms in total. The Hall–Kier alpha value is -2.21. The second-order valence-corrected chi connectivity index (χ2v) is 6.11. The van der Waals surface area contributed by atoms with Crippen molar-refractivity contribution in [2.75, 3.05) is 6.54 Å². The average molecular weight is 313 g/mol. The van der Waals surface area contributed by atoms with Gasteiger partial charge in [0.25, 0.3) is 0 Å². The molecule has 2 aromatic rings. The summed E-state index contributed by atoms with van der Waals surface area (Å²) < 4.78 is 1.78. The summed E-state index contributed by atoms with van der Waals surface area (Å²) in [6.07, 6.45) is 6.34. The monoisotopic (exact) mass is 313 g/mol. The van der Waals surface area contributed by atoms with E-state index in [1.165, 1.54) is 6.33 Å². The minimum atomic E-state index is 0.0717. The molecule has 0 spiro atoms. The van der Waals surface area contributed by atoms with E-state index in [9.17, 15) is 4.79 Å². The molecule has 1 aliphatic carbocycles. The lowest BCUT2D eigenvalue weighted by Gasteiger charge is -2.18. The van der Waals surface area contributed by atoms with E-state index in [4.69, 9.17) is 5.73 Å². The van der Waals surface area contributed by atoms with Crippen LogP contribution in [0.25, 0.3) is 0 Å². The molecular formula is C17H23N5O. The summed E-state index contributed by atoms with van der Waals surface area (Å²) >= 11 is 0. The molecule has 1 amide bonds. The van der Waals surface area contributed by atoms with Crippen LogP contribution >= 0.6 is 0 Å². The van der Waals surface area contributed by atoms with Crippen molar-refractivity contribution in [2.45, 2.75) is 32.4 Å². The first-order valence-electron chi connectivity index (χ1n) is 8.15. The fourth-order valence-electron chi connectivity index (χ4n) is 3.35. The van der Waals surface area contributed by atoms with Gasteiger partial charge >= 0.3 is 0 Å². The van der Waals surface area contributed by atoms with Crippen LogP contribution in [0.1, 0.15) is 30.4 Å². The molecular weight excluding hydrogens is 290 g/mol. The maximum Gasteiger partial charge on any atom is 0.223 e. The Morgan fingerprint density at radius 1 is 1.30 bits per heavy atom. The first kappa shape index (κ1) is 15.7. The van der Waals surface area contributed by atoms with Crippen LogP contribution in [0, 0.1) is 11.8 Å². The molecule has 1 aliphatic rings. The highest BCUT2D eigenvalue weighted by Gasteiger charge is 2.31. The fourth-order valence-corrected chi connectivity index (χ4v) is 3.35. The zero-order valence-electron chi connectivity index (χ0n) is 13.2. The van der Waals surface area contributed by atoms with Gasteiger partial charge in [0.15, 0.2) is 0 Å². The van der Waals surface area contributed by atoms with E-state index in [2.05, 4.69) is 21.5 Å². The number of benzene rings is 1. The molecule has 1 aromatic heterocycles. The van der Waals surface area contributed by atoms with Crippen molar-refractivity contribution in [1.82, 2.24) is 20.1 Å². The number of carbonyl (C=O) groups excluding carboxylic acids is 1. The van der Waals surface area contributed by atoms with E-state index in [0.29, 0.717) is 25.6 Å². The van der Waals surface area contributed by atoms with Gasteiger partial charge in [0.1, 0.15) is 12.7 Å². The van der Waals surface area contributed by atoms with Crippen molar-refractivity contribution in [3.8, 4) is 0 Å². The Bertz CT molecular complexity index is 640. The Kier molecular flexibility index (Phi) is 5.02. The van der Waals surface area contributed by atoms with Gasteiger partial charge in [-0.25, -0.2) is 9.67 Å². The van der Waals surface area contributed by atoms with Crippen LogP contribution in [-0.4, -0.2) is 27.2 Å². The molecule has 3 rings (SSSR count). The van der Waals surface area contributed by atoms with E-state index >= 15 is 0 Å². The van der Waals surface area contributed by atoms with Crippen LogP contribution in [-0.2, 0) is 17.9 Å². The Morgan fingerprint density at radius 3 is 2.87 bits per heavy atom. The molecule has 1 saturated carbocycles. The van der Waals surface area contributed by atoms with Gasteiger partial charge in [0.05, 0.1) is 6.54 Å². The third-order valence-electron chi connectivity index (χ3n) is 4.67. The zero-order chi connectivity index (χ0) is 16.1. The summed E-state index contributed by atoms with van der Waals surface area (Å²) in [6.45, 7) is 1.79. The number of carbonyl (C=O) groups is 1. The molecule has 0 saturated heterocycles. The van der Waals surface area contributed by atoms with Crippen LogP contribution in [0.3, 0.4) is 0 Å². The minimum Gasteiger partial charge on any atom is -0.352 e. The average Bonchev–Trinajstić information content (AvgIpc) is 3.25. The van der Waals surface area contributed by atoms with E-state index < -0.39 is 0 Å². The fraction of sp³-hybridized carbons (Fsp3) is 0.471. The van der Waals surface area contributed by atoms with Gasteiger partial charge in [-0.05, 0) is 36.4 Å². The van der Waals surface area contributed by atoms with Crippen molar-refractivity contribution in [3.63, 3.8) is 0 Å².